The van der Waals surface area contributed by atoms with Crippen LogP contribution in [-0.4, -0.2) is 58.3 Å². The van der Waals surface area contributed by atoms with E-state index in [-0.39, 0.29) is 5.60 Å². The topological polar surface area (TPSA) is 55.2 Å². The maximum Gasteiger partial charge on any atom is 0.0965 e. The van der Waals surface area contributed by atoms with Gasteiger partial charge in [0.15, 0.2) is 0 Å². The molecule has 1 N–H and O–H groups in total. The molecule has 0 saturated carbocycles. The third-order valence-corrected chi connectivity index (χ3v) is 4.62. The molecule has 6 nitrogen and oxygen atoms in total. The number of piperidine rings is 1. The Labute approximate surface area is 126 Å². The van der Waals surface area contributed by atoms with Crippen LogP contribution in [0.25, 0.3) is 0 Å². The number of aromatic nitrogens is 3. The summed E-state index contributed by atoms with van der Waals surface area (Å²) in [5.41, 5.74) is 0.988. The van der Waals surface area contributed by atoms with Crippen molar-refractivity contribution in [2.24, 2.45) is 0 Å². The molecule has 1 aromatic heterocycles. The lowest BCUT2D eigenvalue weighted by Crippen LogP contribution is -2.40. The quantitative estimate of drug-likeness (QED) is 0.904. The van der Waals surface area contributed by atoms with Crippen molar-refractivity contribution in [3.63, 3.8) is 0 Å². The molecule has 118 valence electrons. The molecular formula is C15H27N5O. The molecular weight excluding hydrogens is 266 g/mol. The molecule has 0 amide bonds. The van der Waals surface area contributed by atoms with Crippen molar-refractivity contribution in [3.05, 3.63) is 11.9 Å². The smallest absolute Gasteiger partial charge is 0.0965 e. The molecule has 0 spiro atoms. The van der Waals surface area contributed by atoms with Crippen LogP contribution in [0.4, 0.5) is 0 Å². The number of ether oxygens (including phenoxy) is 1. The fraction of sp³-hybridized carbons (Fsp3) is 0.867. The largest absolute Gasteiger partial charge is 0.373 e. The van der Waals surface area contributed by atoms with Crippen LogP contribution >= 0.6 is 0 Å². The van der Waals surface area contributed by atoms with Crippen LogP contribution < -0.4 is 5.32 Å². The third-order valence-electron chi connectivity index (χ3n) is 4.62. The van der Waals surface area contributed by atoms with Gasteiger partial charge >= 0.3 is 0 Å². The van der Waals surface area contributed by atoms with Crippen LogP contribution in [0.1, 0.15) is 44.8 Å². The molecule has 0 aromatic carbocycles. The molecule has 6 heteroatoms. The summed E-state index contributed by atoms with van der Waals surface area (Å²) in [5.74, 6) is 0. The highest BCUT2D eigenvalue weighted by Gasteiger charge is 2.33. The molecule has 0 radical (unpaired) electrons. The minimum Gasteiger partial charge on any atom is -0.373 e. The predicted molar refractivity (Wildman–Crippen MR) is 81.1 cm³/mol. The second-order valence-electron chi connectivity index (χ2n) is 7.08. The summed E-state index contributed by atoms with van der Waals surface area (Å²) in [6.07, 6.45) is 5.50. The predicted octanol–water partition coefficient (Wildman–Crippen LogP) is 1.20. The zero-order chi connectivity index (χ0) is 14.9. The van der Waals surface area contributed by atoms with Gasteiger partial charge in [0.2, 0.25) is 0 Å². The fourth-order valence-corrected chi connectivity index (χ4v) is 3.21. The molecule has 2 fully saturated rings. The van der Waals surface area contributed by atoms with E-state index in [1.54, 1.807) is 0 Å². The second kappa shape index (κ2) is 6.02. The molecule has 2 aliphatic rings. The molecule has 2 aliphatic heterocycles. The maximum absolute atomic E-state index is 5.77. The Hall–Kier alpha value is -0.980. The first kappa shape index (κ1) is 14.9. The monoisotopic (exact) mass is 293 g/mol. The van der Waals surface area contributed by atoms with E-state index in [1.807, 2.05) is 4.68 Å². The van der Waals surface area contributed by atoms with Crippen LogP contribution in [0.3, 0.4) is 0 Å². The van der Waals surface area contributed by atoms with Crippen molar-refractivity contribution in [1.82, 2.24) is 25.2 Å². The highest BCUT2D eigenvalue weighted by atomic mass is 16.5. The van der Waals surface area contributed by atoms with Crippen LogP contribution in [0.5, 0.6) is 0 Å². The molecule has 0 aliphatic carbocycles. The van der Waals surface area contributed by atoms with Gasteiger partial charge in [0.05, 0.1) is 30.1 Å². The Morgan fingerprint density at radius 2 is 2.14 bits per heavy atom. The van der Waals surface area contributed by atoms with Gasteiger partial charge in [0.1, 0.15) is 0 Å². The zero-order valence-corrected chi connectivity index (χ0v) is 13.4. The minimum absolute atomic E-state index is 0.0385. The van der Waals surface area contributed by atoms with Crippen molar-refractivity contribution in [1.29, 1.82) is 0 Å². The van der Waals surface area contributed by atoms with Gasteiger partial charge in [0.25, 0.3) is 0 Å². The van der Waals surface area contributed by atoms with Gasteiger partial charge in [-0.2, -0.15) is 0 Å². The van der Waals surface area contributed by atoms with Crippen LogP contribution in [0, 0.1) is 0 Å². The standard InChI is InChI=1S/C15H27N5O/c1-15(2)8-14(11-21-15)20-10-13(17-18-20)9-16-12-4-6-19(3)7-5-12/h10,12,14,16H,4-9,11H2,1-3H3. The van der Waals surface area contributed by atoms with Crippen LogP contribution in [0.15, 0.2) is 6.20 Å². The number of likely N-dealkylation sites (tertiary alicyclic amines) is 1. The van der Waals surface area contributed by atoms with Gasteiger partial charge in [-0.3, -0.25) is 0 Å². The summed E-state index contributed by atoms with van der Waals surface area (Å²) in [6, 6.07) is 0.935. The summed E-state index contributed by atoms with van der Waals surface area (Å²) in [4.78, 5) is 2.39. The lowest BCUT2D eigenvalue weighted by Gasteiger charge is -2.29. The van der Waals surface area contributed by atoms with Crippen molar-refractivity contribution in [3.8, 4) is 0 Å². The number of hydrogen-bond acceptors (Lipinski definition) is 5. The van der Waals surface area contributed by atoms with E-state index in [0.29, 0.717) is 12.1 Å². The van der Waals surface area contributed by atoms with Gasteiger partial charge in [-0.1, -0.05) is 5.21 Å². The number of nitrogens with zero attached hydrogens (tertiary/aromatic N) is 4. The summed E-state index contributed by atoms with van der Waals surface area (Å²) in [7, 11) is 2.19. The van der Waals surface area contributed by atoms with Gasteiger partial charge in [-0.05, 0) is 46.8 Å². The van der Waals surface area contributed by atoms with Crippen molar-refractivity contribution in [2.75, 3.05) is 26.7 Å². The van der Waals surface area contributed by atoms with Gasteiger partial charge < -0.3 is 15.0 Å². The Bertz CT molecular complexity index is 464. The van der Waals surface area contributed by atoms with Gasteiger partial charge in [0, 0.05) is 19.0 Å². The first-order valence-corrected chi connectivity index (χ1v) is 7.98. The Morgan fingerprint density at radius 1 is 1.38 bits per heavy atom. The average molecular weight is 293 g/mol. The number of hydrogen-bond donors (Lipinski definition) is 1. The fourth-order valence-electron chi connectivity index (χ4n) is 3.21. The summed E-state index contributed by atoms with van der Waals surface area (Å²) >= 11 is 0. The van der Waals surface area contributed by atoms with E-state index in [9.17, 15) is 0 Å². The lowest BCUT2D eigenvalue weighted by atomic mass is 10.0. The number of nitrogens with one attached hydrogen (secondary N) is 1. The molecule has 1 aromatic rings. The Kier molecular flexibility index (Phi) is 4.28. The van der Waals surface area contributed by atoms with Crippen LogP contribution in [0.2, 0.25) is 0 Å². The van der Waals surface area contributed by atoms with E-state index in [4.69, 9.17) is 4.74 Å². The first-order valence-electron chi connectivity index (χ1n) is 7.98. The molecule has 1 atom stereocenters. The van der Waals surface area contributed by atoms with E-state index in [0.717, 1.165) is 25.3 Å². The van der Waals surface area contributed by atoms with Crippen molar-refractivity contribution < 1.29 is 4.74 Å². The average Bonchev–Trinajstić information content (AvgIpc) is 3.04. The Morgan fingerprint density at radius 3 is 2.81 bits per heavy atom. The maximum atomic E-state index is 5.77. The van der Waals surface area contributed by atoms with E-state index in [2.05, 4.69) is 47.6 Å². The van der Waals surface area contributed by atoms with Crippen molar-refractivity contribution in [2.45, 2.75) is 57.3 Å². The third kappa shape index (κ3) is 3.81. The molecule has 1 unspecified atom stereocenters. The highest BCUT2D eigenvalue weighted by Crippen LogP contribution is 2.31. The highest BCUT2D eigenvalue weighted by molar-refractivity contribution is 4.96. The summed E-state index contributed by atoms with van der Waals surface area (Å²) in [6.45, 7) is 8.17. The lowest BCUT2D eigenvalue weighted by molar-refractivity contribution is 0.0350. The molecule has 0 bridgehead atoms. The van der Waals surface area contributed by atoms with Gasteiger partial charge in [-0.25, -0.2) is 4.68 Å². The SMILES string of the molecule is CN1CCC(NCc2cn(C3COC(C)(C)C3)nn2)CC1. The first-order chi connectivity index (χ1) is 10.0. The normalized spacial score (nSPS) is 27.3. The number of rotatable bonds is 4. The summed E-state index contributed by atoms with van der Waals surface area (Å²) < 4.78 is 7.75. The van der Waals surface area contributed by atoms with E-state index < -0.39 is 0 Å². The van der Waals surface area contributed by atoms with Crippen LogP contribution in [-0.2, 0) is 11.3 Å². The van der Waals surface area contributed by atoms with E-state index in [1.165, 1.54) is 25.9 Å². The van der Waals surface area contributed by atoms with Crippen molar-refractivity contribution >= 4 is 0 Å². The van der Waals surface area contributed by atoms with E-state index >= 15 is 0 Å². The zero-order valence-electron chi connectivity index (χ0n) is 13.4. The van der Waals surface area contributed by atoms with Gasteiger partial charge in [-0.15, -0.1) is 5.10 Å². The second-order valence-corrected chi connectivity index (χ2v) is 7.08. The minimum atomic E-state index is -0.0385. The molecule has 3 rings (SSSR count). The molecule has 21 heavy (non-hydrogen) atoms. The molecule has 3 heterocycles. The Balaban J connectivity index is 1.49. The summed E-state index contributed by atoms with van der Waals surface area (Å²) in [5, 5.41) is 12.2. The molecule has 2 saturated heterocycles.